The van der Waals surface area contributed by atoms with Crippen molar-refractivity contribution in [3.63, 3.8) is 0 Å². The molecule has 0 aliphatic rings. The van der Waals surface area contributed by atoms with E-state index in [1.807, 2.05) is 39.8 Å². The van der Waals surface area contributed by atoms with Crippen LogP contribution in [-0.4, -0.2) is 8.42 Å². The monoisotopic (exact) mass is 337 g/mol. The lowest BCUT2D eigenvalue weighted by Crippen LogP contribution is -2.25. The van der Waals surface area contributed by atoms with Gasteiger partial charge in [-0.3, -0.25) is 0 Å². The zero-order valence-corrected chi connectivity index (χ0v) is 14.8. The minimum atomic E-state index is -3.57. The van der Waals surface area contributed by atoms with Crippen molar-refractivity contribution in [3.05, 3.63) is 63.2 Å². The second-order valence-corrected chi connectivity index (χ2v) is 7.68. The molecule has 0 aromatic heterocycles. The molecule has 0 heterocycles. The Morgan fingerprint density at radius 1 is 1.00 bits per heavy atom. The summed E-state index contributed by atoms with van der Waals surface area (Å²) in [6.07, 6.45) is 0. The van der Waals surface area contributed by atoms with Gasteiger partial charge in [0.25, 0.3) is 0 Å². The standard InChI is InChI=1S/C17H20ClNO2S/c1-11-8-12(2)14(4)17(13(11)3)22(20,21)19-10-15-6-5-7-16(18)9-15/h5-9,19H,10H2,1-4H3. The van der Waals surface area contributed by atoms with E-state index in [9.17, 15) is 8.42 Å². The van der Waals surface area contributed by atoms with E-state index < -0.39 is 10.0 Å². The molecule has 0 unspecified atom stereocenters. The van der Waals surface area contributed by atoms with Gasteiger partial charge in [-0.2, -0.15) is 0 Å². The predicted octanol–water partition coefficient (Wildman–Crippen LogP) is 4.05. The third-order valence-corrected chi connectivity index (χ3v) is 5.83. The van der Waals surface area contributed by atoms with Crippen molar-refractivity contribution in [3.8, 4) is 0 Å². The highest BCUT2D eigenvalue weighted by Gasteiger charge is 2.21. The molecule has 0 spiro atoms. The van der Waals surface area contributed by atoms with E-state index in [1.165, 1.54) is 0 Å². The SMILES string of the molecule is Cc1cc(C)c(C)c(S(=O)(=O)NCc2cccc(Cl)c2)c1C. The Bertz CT molecular complexity index is 787. The summed E-state index contributed by atoms with van der Waals surface area (Å²) in [5.74, 6) is 0. The van der Waals surface area contributed by atoms with E-state index in [4.69, 9.17) is 11.6 Å². The van der Waals surface area contributed by atoms with Crippen molar-refractivity contribution in [1.82, 2.24) is 4.72 Å². The average molecular weight is 338 g/mol. The topological polar surface area (TPSA) is 46.2 Å². The molecule has 0 saturated heterocycles. The Morgan fingerprint density at radius 2 is 1.59 bits per heavy atom. The summed E-state index contributed by atoms with van der Waals surface area (Å²) >= 11 is 5.93. The molecule has 2 rings (SSSR count). The molecule has 0 aliphatic carbocycles. The molecular formula is C17H20ClNO2S. The van der Waals surface area contributed by atoms with Gasteiger partial charge in [-0.15, -0.1) is 0 Å². The Labute approximate surface area is 137 Å². The van der Waals surface area contributed by atoms with E-state index in [0.717, 1.165) is 27.8 Å². The molecule has 0 aliphatic heterocycles. The Morgan fingerprint density at radius 3 is 2.14 bits per heavy atom. The molecule has 0 atom stereocenters. The van der Waals surface area contributed by atoms with Gasteiger partial charge in [-0.05, 0) is 67.6 Å². The second-order valence-electron chi connectivity index (χ2n) is 5.54. The molecule has 2 aromatic rings. The Balaban J connectivity index is 2.36. The maximum atomic E-state index is 12.7. The van der Waals surface area contributed by atoms with Crippen molar-refractivity contribution in [1.29, 1.82) is 0 Å². The summed E-state index contributed by atoms with van der Waals surface area (Å²) in [7, 11) is -3.57. The lowest BCUT2D eigenvalue weighted by atomic mass is 10.0. The lowest BCUT2D eigenvalue weighted by molar-refractivity contribution is 0.579. The molecule has 1 N–H and O–H groups in total. The summed E-state index contributed by atoms with van der Waals surface area (Å²) < 4.78 is 28.1. The fraction of sp³-hybridized carbons (Fsp3) is 0.294. The maximum Gasteiger partial charge on any atom is 0.241 e. The minimum Gasteiger partial charge on any atom is -0.207 e. The van der Waals surface area contributed by atoms with Crippen molar-refractivity contribution in [2.24, 2.45) is 0 Å². The van der Waals surface area contributed by atoms with Crippen molar-refractivity contribution in [2.75, 3.05) is 0 Å². The van der Waals surface area contributed by atoms with E-state index in [1.54, 1.807) is 18.2 Å². The van der Waals surface area contributed by atoms with Gasteiger partial charge in [0.2, 0.25) is 10.0 Å². The quantitative estimate of drug-likeness (QED) is 0.914. The smallest absolute Gasteiger partial charge is 0.207 e. The second kappa shape index (κ2) is 6.41. The van der Waals surface area contributed by atoms with Gasteiger partial charge in [-0.1, -0.05) is 29.8 Å². The van der Waals surface area contributed by atoms with Crippen molar-refractivity contribution < 1.29 is 8.42 Å². The van der Waals surface area contributed by atoms with Crippen LogP contribution in [0.2, 0.25) is 5.02 Å². The summed E-state index contributed by atoms with van der Waals surface area (Å²) in [4.78, 5) is 0.382. The van der Waals surface area contributed by atoms with Crippen LogP contribution in [0.1, 0.15) is 27.8 Å². The number of hydrogen-bond donors (Lipinski definition) is 1. The number of rotatable bonds is 4. The van der Waals surface area contributed by atoms with Crippen LogP contribution in [-0.2, 0) is 16.6 Å². The number of sulfonamides is 1. The zero-order valence-electron chi connectivity index (χ0n) is 13.2. The van der Waals surface area contributed by atoms with Gasteiger partial charge < -0.3 is 0 Å². The van der Waals surface area contributed by atoms with Crippen LogP contribution in [0, 0.1) is 27.7 Å². The molecule has 0 bridgehead atoms. The number of nitrogens with one attached hydrogen (secondary N) is 1. The van der Waals surface area contributed by atoms with Gasteiger partial charge in [0.05, 0.1) is 4.90 Å². The molecular weight excluding hydrogens is 318 g/mol. The van der Waals surface area contributed by atoms with Crippen LogP contribution < -0.4 is 4.72 Å². The average Bonchev–Trinajstić information content (AvgIpc) is 2.43. The first kappa shape index (κ1) is 17.0. The van der Waals surface area contributed by atoms with Crippen LogP contribution >= 0.6 is 11.6 Å². The number of halogens is 1. The molecule has 5 heteroatoms. The summed E-state index contributed by atoms with van der Waals surface area (Å²) in [5, 5.41) is 0.593. The molecule has 2 aromatic carbocycles. The third-order valence-electron chi connectivity index (χ3n) is 3.92. The summed E-state index contributed by atoms with van der Waals surface area (Å²) in [6, 6.07) is 9.18. The number of benzene rings is 2. The van der Waals surface area contributed by atoms with Gasteiger partial charge in [0, 0.05) is 11.6 Å². The predicted molar refractivity (Wildman–Crippen MR) is 90.9 cm³/mol. The molecule has 3 nitrogen and oxygen atoms in total. The molecule has 0 radical (unpaired) electrons. The van der Waals surface area contributed by atoms with Crippen LogP contribution in [0.3, 0.4) is 0 Å². The number of hydrogen-bond acceptors (Lipinski definition) is 2. The molecule has 0 fully saturated rings. The fourth-order valence-electron chi connectivity index (χ4n) is 2.48. The first-order valence-corrected chi connectivity index (χ1v) is 8.90. The fourth-order valence-corrected chi connectivity index (χ4v) is 4.32. The maximum absolute atomic E-state index is 12.7. The molecule has 0 amide bonds. The normalized spacial score (nSPS) is 11.7. The van der Waals surface area contributed by atoms with Gasteiger partial charge >= 0.3 is 0 Å². The first-order chi connectivity index (χ1) is 10.2. The molecule has 118 valence electrons. The Hall–Kier alpha value is -1.36. The van der Waals surface area contributed by atoms with Crippen LogP contribution in [0.15, 0.2) is 35.2 Å². The zero-order chi connectivity index (χ0) is 16.5. The highest BCUT2D eigenvalue weighted by Crippen LogP contribution is 2.26. The Kier molecular flexibility index (Phi) is 4.95. The molecule has 22 heavy (non-hydrogen) atoms. The van der Waals surface area contributed by atoms with Gasteiger partial charge in [0.15, 0.2) is 0 Å². The number of aryl methyl sites for hydroxylation is 2. The van der Waals surface area contributed by atoms with E-state index in [-0.39, 0.29) is 6.54 Å². The van der Waals surface area contributed by atoms with E-state index in [2.05, 4.69) is 4.72 Å². The van der Waals surface area contributed by atoms with Crippen LogP contribution in [0.4, 0.5) is 0 Å². The highest BCUT2D eigenvalue weighted by molar-refractivity contribution is 7.89. The van der Waals surface area contributed by atoms with Crippen LogP contribution in [0.5, 0.6) is 0 Å². The highest BCUT2D eigenvalue weighted by atomic mass is 35.5. The third kappa shape index (κ3) is 3.51. The van der Waals surface area contributed by atoms with E-state index in [0.29, 0.717) is 9.92 Å². The largest absolute Gasteiger partial charge is 0.241 e. The summed E-state index contributed by atoms with van der Waals surface area (Å²) in [5.41, 5.74) is 4.37. The lowest BCUT2D eigenvalue weighted by Gasteiger charge is -2.16. The minimum absolute atomic E-state index is 0.217. The summed E-state index contributed by atoms with van der Waals surface area (Å²) in [6.45, 7) is 7.76. The van der Waals surface area contributed by atoms with Gasteiger partial charge in [-0.25, -0.2) is 13.1 Å². The molecule has 0 saturated carbocycles. The van der Waals surface area contributed by atoms with Crippen molar-refractivity contribution in [2.45, 2.75) is 39.1 Å². The van der Waals surface area contributed by atoms with Crippen LogP contribution in [0.25, 0.3) is 0 Å². The van der Waals surface area contributed by atoms with E-state index >= 15 is 0 Å². The first-order valence-electron chi connectivity index (χ1n) is 7.04. The van der Waals surface area contributed by atoms with Gasteiger partial charge in [0.1, 0.15) is 0 Å². The van der Waals surface area contributed by atoms with Crippen molar-refractivity contribution >= 4 is 21.6 Å².